The lowest BCUT2D eigenvalue weighted by Crippen LogP contribution is -2.27. The van der Waals surface area contributed by atoms with Gasteiger partial charge in [-0.3, -0.25) is 4.79 Å². The number of hydrogen-bond donors (Lipinski definition) is 1. The molecule has 3 rings (SSSR count). The summed E-state index contributed by atoms with van der Waals surface area (Å²) in [6.45, 7) is 4.30. The number of rotatable bonds is 5. The van der Waals surface area contributed by atoms with Gasteiger partial charge in [0.2, 0.25) is 5.91 Å². The summed E-state index contributed by atoms with van der Waals surface area (Å²) < 4.78 is 5.29. The third kappa shape index (κ3) is 3.26. The first-order chi connectivity index (χ1) is 10.1. The first-order valence-electron chi connectivity index (χ1n) is 7.17. The fourth-order valence-corrected chi connectivity index (χ4v) is 2.20. The molecule has 110 valence electrons. The van der Waals surface area contributed by atoms with Crippen LogP contribution in [-0.4, -0.2) is 27.6 Å². The molecule has 0 saturated heterocycles. The molecule has 1 fully saturated rings. The molecular formula is C15H18N4O2. The molecule has 0 atom stereocenters. The van der Waals surface area contributed by atoms with Crippen LogP contribution in [0, 0.1) is 19.8 Å². The molecule has 1 saturated carbocycles. The highest BCUT2D eigenvalue weighted by molar-refractivity contribution is 5.80. The van der Waals surface area contributed by atoms with Gasteiger partial charge in [-0.2, -0.15) is 0 Å². The highest BCUT2D eigenvalue weighted by Crippen LogP contribution is 2.28. The van der Waals surface area contributed by atoms with E-state index < -0.39 is 0 Å². The minimum atomic E-state index is 0.151. The van der Waals surface area contributed by atoms with Crippen LogP contribution in [-0.2, 0) is 11.2 Å². The monoisotopic (exact) mass is 286 g/mol. The molecule has 2 heterocycles. The van der Waals surface area contributed by atoms with Gasteiger partial charge < -0.3 is 9.84 Å². The van der Waals surface area contributed by atoms with Crippen molar-refractivity contribution < 1.29 is 9.32 Å². The molecule has 1 aliphatic rings. The molecule has 0 aromatic carbocycles. The topological polar surface area (TPSA) is 80.9 Å². The largest absolute Gasteiger partial charge is 0.356 e. The second-order valence-electron chi connectivity index (χ2n) is 5.43. The number of nitrogens with one attached hydrogen (secondary N) is 1. The lowest BCUT2D eigenvalue weighted by molar-refractivity contribution is -0.122. The zero-order chi connectivity index (χ0) is 14.8. The van der Waals surface area contributed by atoms with Crippen LogP contribution in [0.5, 0.6) is 0 Å². The van der Waals surface area contributed by atoms with Crippen LogP contribution in [0.2, 0.25) is 0 Å². The van der Waals surface area contributed by atoms with E-state index in [-0.39, 0.29) is 11.8 Å². The van der Waals surface area contributed by atoms with E-state index in [1.54, 1.807) is 6.20 Å². The van der Waals surface area contributed by atoms with Gasteiger partial charge in [-0.25, -0.2) is 9.97 Å². The van der Waals surface area contributed by atoms with Gasteiger partial charge in [0.05, 0.1) is 17.0 Å². The van der Waals surface area contributed by atoms with Crippen LogP contribution >= 0.6 is 0 Å². The molecule has 0 spiro atoms. The van der Waals surface area contributed by atoms with Crippen LogP contribution in [0.4, 0.5) is 0 Å². The molecule has 21 heavy (non-hydrogen) atoms. The molecule has 1 amide bonds. The van der Waals surface area contributed by atoms with E-state index in [4.69, 9.17) is 4.52 Å². The maximum atomic E-state index is 11.6. The summed E-state index contributed by atoms with van der Waals surface area (Å²) in [5.74, 6) is 1.75. The fraction of sp³-hybridized carbons (Fsp3) is 0.467. The highest BCUT2D eigenvalue weighted by atomic mass is 16.5. The van der Waals surface area contributed by atoms with Gasteiger partial charge in [0, 0.05) is 31.1 Å². The number of hydrogen-bond acceptors (Lipinski definition) is 5. The SMILES string of the molecule is Cc1cc(-c2cnc(C)nc2CCNC(=O)C2CC2)on1. The van der Waals surface area contributed by atoms with Crippen molar-refractivity contribution in [2.75, 3.05) is 6.54 Å². The quantitative estimate of drug-likeness (QED) is 0.906. The smallest absolute Gasteiger partial charge is 0.223 e. The predicted octanol–water partition coefficient (Wildman–Crippen LogP) is 1.82. The molecule has 0 aliphatic heterocycles. The van der Waals surface area contributed by atoms with Crippen molar-refractivity contribution in [1.82, 2.24) is 20.4 Å². The second kappa shape index (κ2) is 5.63. The summed E-state index contributed by atoms with van der Waals surface area (Å²) in [6.07, 6.45) is 4.43. The Bertz CT molecular complexity index is 661. The normalized spacial score (nSPS) is 14.2. The Hall–Kier alpha value is -2.24. The first-order valence-corrected chi connectivity index (χ1v) is 7.17. The summed E-state index contributed by atoms with van der Waals surface area (Å²) in [4.78, 5) is 20.3. The van der Waals surface area contributed by atoms with Gasteiger partial charge in [0.25, 0.3) is 0 Å². The molecule has 1 aliphatic carbocycles. The molecule has 0 radical (unpaired) electrons. The maximum Gasteiger partial charge on any atom is 0.223 e. The van der Waals surface area contributed by atoms with E-state index in [0.717, 1.165) is 29.8 Å². The minimum absolute atomic E-state index is 0.151. The number of amides is 1. The third-order valence-corrected chi connectivity index (χ3v) is 3.49. The third-order valence-electron chi connectivity index (χ3n) is 3.49. The zero-order valence-corrected chi connectivity index (χ0v) is 12.2. The van der Waals surface area contributed by atoms with Gasteiger partial charge in [0.1, 0.15) is 5.82 Å². The molecular weight excluding hydrogens is 268 g/mol. The van der Waals surface area contributed by atoms with E-state index in [1.807, 2.05) is 19.9 Å². The minimum Gasteiger partial charge on any atom is -0.356 e. The van der Waals surface area contributed by atoms with Crippen LogP contribution in [0.3, 0.4) is 0 Å². The number of carbonyl (C=O) groups is 1. The van der Waals surface area contributed by atoms with Crippen molar-refractivity contribution in [1.29, 1.82) is 0 Å². The Kier molecular flexibility index (Phi) is 3.68. The average molecular weight is 286 g/mol. The summed E-state index contributed by atoms with van der Waals surface area (Å²) in [6, 6.07) is 1.86. The van der Waals surface area contributed by atoms with E-state index in [0.29, 0.717) is 24.6 Å². The van der Waals surface area contributed by atoms with E-state index in [9.17, 15) is 4.79 Å². The Morgan fingerprint density at radius 3 is 2.90 bits per heavy atom. The summed E-state index contributed by atoms with van der Waals surface area (Å²) in [5, 5.41) is 6.85. The van der Waals surface area contributed by atoms with Gasteiger partial charge in [-0.1, -0.05) is 5.16 Å². The zero-order valence-electron chi connectivity index (χ0n) is 12.2. The van der Waals surface area contributed by atoms with Crippen molar-refractivity contribution in [2.24, 2.45) is 5.92 Å². The van der Waals surface area contributed by atoms with Gasteiger partial charge in [0.15, 0.2) is 5.76 Å². The summed E-state index contributed by atoms with van der Waals surface area (Å²) in [7, 11) is 0. The van der Waals surface area contributed by atoms with Crippen molar-refractivity contribution in [3.8, 4) is 11.3 Å². The molecule has 0 bridgehead atoms. The van der Waals surface area contributed by atoms with Crippen molar-refractivity contribution >= 4 is 5.91 Å². The molecule has 2 aromatic rings. The van der Waals surface area contributed by atoms with E-state index >= 15 is 0 Å². The summed E-state index contributed by atoms with van der Waals surface area (Å²) >= 11 is 0. The van der Waals surface area contributed by atoms with Gasteiger partial charge in [-0.05, 0) is 26.7 Å². The Balaban J connectivity index is 1.73. The molecule has 0 unspecified atom stereocenters. The van der Waals surface area contributed by atoms with Crippen LogP contribution < -0.4 is 5.32 Å². The Labute approximate surface area is 123 Å². The van der Waals surface area contributed by atoms with Gasteiger partial charge in [-0.15, -0.1) is 0 Å². The van der Waals surface area contributed by atoms with E-state index in [2.05, 4.69) is 20.4 Å². The number of carbonyl (C=O) groups excluding carboxylic acids is 1. The Morgan fingerprint density at radius 2 is 2.24 bits per heavy atom. The van der Waals surface area contributed by atoms with Crippen molar-refractivity contribution in [2.45, 2.75) is 33.1 Å². The van der Waals surface area contributed by atoms with Crippen LogP contribution in [0.1, 0.15) is 30.1 Å². The summed E-state index contributed by atoms with van der Waals surface area (Å²) in [5.41, 5.74) is 2.52. The molecule has 6 heteroatoms. The standard InChI is InChI=1S/C15H18N4O2/c1-9-7-14(21-19-9)12-8-17-10(2)18-13(12)5-6-16-15(20)11-3-4-11/h7-8,11H,3-6H2,1-2H3,(H,16,20). The highest BCUT2D eigenvalue weighted by Gasteiger charge is 2.29. The van der Waals surface area contributed by atoms with Gasteiger partial charge >= 0.3 is 0 Å². The maximum absolute atomic E-state index is 11.6. The lowest BCUT2D eigenvalue weighted by Gasteiger charge is -2.08. The number of nitrogens with zero attached hydrogens (tertiary/aromatic N) is 3. The Morgan fingerprint density at radius 1 is 1.43 bits per heavy atom. The predicted molar refractivity (Wildman–Crippen MR) is 76.4 cm³/mol. The second-order valence-corrected chi connectivity index (χ2v) is 5.43. The first kappa shape index (κ1) is 13.7. The van der Waals surface area contributed by atoms with Crippen molar-refractivity contribution in [3.63, 3.8) is 0 Å². The average Bonchev–Trinajstić information content (AvgIpc) is 3.22. The van der Waals surface area contributed by atoms with Crippen LogP contribution in [0.25, 0.3) is 11.3 Å². The fourth-order valence-electron chi connectivity index (χ4n) is 2.20. The lowest BCUT2D eigenvalue weighted by atomic mass is 10.1. The molecule has 1 N–H and O–H groups in total. The number of aryl methyl sites for hydroxylation is 2. The number of aromatic nitrogens is 3. The molecule has 6 nitrogen and oxygen atoms in total. The van der Waals surface area contributed by atoms with Crippen LogP contribution in [0.15, 0.2) is 16.8 Å². The molecule has 2 aromatic heterocycles. The van der Waals surface area contributed by atoms with E-state index in [1.165, 1.54) is 0 Å². The van der Waals surface area contributed by atoms with Crippen molar-refractivity contribution in [3.05, 3.63) is 29.5 Å².